The van der Waals surface area contributed by atoms with Crippen molar-refractivity contribution in [1.82, 2.24) is 4.98 Å². The molecule has 1 heterocycles. The van der Waals surface area contributed by atoms with E-state index in [2.05, 4.69) is 26.2 Å². The van der Waals surface area contributed by atoms with E-state index in [1.165, 1.54) is 6.26 Å². The molecule has 1 aromatic heterocycles. The summed E-state index contributed by atoms with van der Waals surface area (Å²) in [6.07, 6.45) is 5.24. The molecule has 0 saturated heterocycles. The van der Waals surface area contributed by atoms with Gasteiger partial charge in [-0.1, -0.05) is 0 Å². The van der Waals surface area contributed by atoms with Gasteiger partial charge in [-0.05, 0) is 28.4 Å². The van der Waals surface area contributed by atoms with Crippen molar-refractivity contribution in [2.45, 2.75) is 6.42 Å². The van der Waals surface area contributed by atoms with Crippen molar-refractivity contribution in [3.63, 3.8) is 0 Å². The number of nitrogens with one attached hydrogen (secondary N) is 1. The summed E-state index contributed by atoms with van der Waals surface area (Å²) in [5, 5.41) is 3.10. The van der Waals surface area contributed by atoms with Gasteiger partial charge in [0.2, 0.25) is 0 Å². The highest BCUT2D eigenvalue weighted by atomic mass is 79.9. The van der Waals surface area contributed by atoms with E-state index in [9.17, 15) is 8.42 Å². The minimum atomic E-state index is -2.85. The third kappa shape index (κ3) is 5.74. The van der Waals surface area contributed by atoms with Gasteiger partial charge in [-0.3, -0.25) is 4.98 Å². The Hall–Kier alpha value is -0.620. The first kappa shape index (κ1) is 12.4. The molecular formula is C9H13BrN2O2S. The zero-order valence-electron chi connectivity index (χ0n) is 8.40. The molecule has 0 atom stereocenters. The van der Waals surface area contributed by atoms with E-state index in [4.69, 9.17) is 0 Å². The van der Waals surface area contributed by atoms with E-state index >= 15 is 0 Å². The van der Waals surface area contributed by atoms with Crippen molar-refractivity contribution < 1.29 is 8.42 Å². The molecule has 0 aromatic carbocycles. The van der Waals surface area contributed by atoms with Gasteiger partial charge >= 0.3 is 0 Å². The van der Waals surface area contributed by atoms with Gasteiger partial charge in [-0.15, -0.1) is 0 Å². The molecule has 15 heavy (non-hydrogen) atoms. The standard InChI is InChI=1S/C9H13BrN2O2S/c1-15(13,14)4-2-3-12-9-5-8(10)6-11-7-9/h5-7,12H,2-4H2,1H3. The van der Waals surface area contributed by atoms with Crippen LogP contribution in [0, 0.1) is 0 Å². The molecule has 1 N–H and O–H groups in total. The van der Waals surface area contributed by atoms with Crippen molar-refractivity contribution in [1.29, 1.82) is 0 Å². The van der Waals surface area contributed by atoms with Crippen LogP contribution in [0.25, 0.3) is 0 Å². The fourth-order valence-electron chi connectivity index (χ4n) is 1.08. The zero-order chi connectivity index (χ0) is 11.3. The van der Waals surface area contributed by atoms with Gasteiger partial charge in [-0.2, -0.15) is 0 Å². The summed E-state index contributed by atoms with van der Waals surface area (Å²) in [6.45, 7) is 0.630. The van der Waals surface area contributed by atoms with E-state index in [-0.39, 0.29) is 5.75 Å². The number of hydrogen-bond donors (Lipinski definition) is 1. The van der Waals surface area contributed by atoms with Gasteiger partial charge < -0.3 is 5.32 Å². The van der Waals surface area contributed by atoms with Crippen molar-refractivity contribution in [3.8, 4) is 0 Å². The lowest BCUT2D eigenvalue weighted by atomic mass is 10.4. The lowest BCUT2D eigenvalue weighted by Gasteiger charge is -2.05. The van der Waals surface area contributed by atoms with Crippen LogP contribution < -0.4 is 5.32 Å². The molecule has 6 heteroatoms. The van der Waals surface area contributed by atoms with E-state index in [1.54, 1.807) is 12.4 Å². The van der Waals surface area contributed by atoms with E-state index in [0.29, 0.717) is 13.0 Å². The highest BCUT2D eigenvalue weighted by molar-refractivity contribution is 9.10. The molecule has 0 saturated carbocycles. The van der Waals surface area contributed by atoms with Crippen LogP contribution in [-0.2, 0) is 9.84 Å². The fraction of sp³-hybridized carbons (Fsp3) is 0.444. The molecule has 0 bridgehead atoms. The maximum atomic E-state index is 10.8. The number of halogens is 1. The molecule has 1 rings (SSSR count). The average molecular weight is 293 g/mol. The first-order valence-corrected chi connectivity index (χ1v) is 7.35. The molecule has 0 unspecified atom stereocenters. The molecule has 0 aliphatic carbocycles. The fourth-order valence-corrected chi connectivity index (χ4v) is 2.11. The van der Waals surface area contributed by atoms with Crippen LogP contribution in [0.4, 0.5) is 5.69 Å². The van der Waals surface area contributed by atoms with Crippen molar-refractivity contribution in [2.75, 3.05) is 23.9 Å². The summed E-state index contributed by atoms with van der Waals surface area (Å²) >= 11 is 3.30. The normalized spacial score (nSPS) is 11.3. The number of anilines is 1. The Kier molecular flexibility index (Phi) is 4.53. The Morgan fingerprint density at radius 2 is 2.20 bits per heavy atom. The predicted molar refractivity (Wildman–Crippen MR) is 64.8 cm³/mol. The summed E-state index contributed by atoms with van der Waals surface area (Å²) in [7, 11) is -2.85. The van der Waals surface area contributed by atoms with Crippen LogP contribution in [0.2, 0.25) is 0 Å². The third-order valence-corrected chi connectivity index (χ3v) is 3.19. The molecule has 1 aromatic rings. The molecule has 84 valence electrons. The Labute approximate surface area is 98.2 Å². The average Bonchev–Trinajstić information content (AvgIpc) is 2.11. The SMILES string of the molecule is CS(=O)(=O)CCCNc1cncc(Br)c1. The number of nitrogens with zero attached hydrogens (tertiary/aromatic N) is 1. The lowest BCUT2D eigenvalue weighted by molar-refractivity contribution is 0.600. The van der Waals surface area contributed by atoms with Gasteiger partial charge in [-0.25, -0.2) is 8.42 Å². The molecule has 0 amide bonds. The van der Waals surface area contributed by atoms with Gasteiger partial charge in [0.15, 0.2) is 0 Å². The van der Waals surface area contributed by atoms with Gasteiger partial charge in [0.25, 0.3) is 0 Å². The monoisotopic (exact) mass is 292 g/mol. The minimum absolute atomic E-state index is 0.210. The minimum Gasteiger partial charge on any atom is -0.384 e. The summed E-state index contributed by atoms with van der Waals surface area (Å²) in [5.41, 5.74) is 0.887. The van der Waals surface area contributed by atoms with Gasteiger partial charge in [0.1, 0.15) is 9.84 Å². The summed E-state index contributed by atoms with van der Waals surface area (Å²) < 4.78 is 22.6. The maximum Gasteiger partial charge on any atom is 0.147 e. The van der Waals surface area contributed by atoms with E-state index in [1.807, 2.05) is 6.07 Å². The quantitative estimate of drug-likeness (QED) is 0.839. The van der Waals surface area contributed by atoms with Gasteiger partial charge in [0, 0.05) is 23.5 Å². The first-order chi connectivity index (χ1) is 6.97. The topological polar surface area (TPSA) is 59.1 Å². The van der Waals surface area contributed by atoms with Crippen molar-refractivity contribution >= 4 is 31.5 Å². The van der Waals surface area contributed by atoms with Crippen LogP contribution in [0.1, 0.15) is 6.42 Å². The molecule has 0 spiro atoms. The number of aromatic nitrogens is 1. The highest BCUT2D eigenvalue weighted by Crippen LogP contribution is 2.13. The lowest BCUT2D eigenvalue weighted by Crippen LogP contribution is -2.09. The second-order valence-corrected chi connectivity index (χ2v) is 6.48. The Morgan fingerprint density at radius 1 is 1.47 bits per heavy atom. The van der Waals surface area contributed by atoms with Crippen LogP contribution in [0.5, 0.6) is 0 Å². The summed E-state index contributed by atoms with van der Waals surface area (Å²) in [5.74, 6) is 0.210. The number of rotatable bonds is 5. The number of pyridine rings is 1. The zero-order valence-corrected chi connectivity index (χ0v) is 10.8. The van der Waals surface area contributed by atoms with Crippen molar-refractivity contribution in [3.05, 3.63) is 22.9 Å². The molecular weight excluding hydrogens is 280 g/mol. The highest BCUT2D eigenvalue weighted by Gasteiger charge is 2.01. The maximum absolute atomic E-state index is 10.8. The smallest absolute Gasteiger partial charge is 0.147 e. The molecule has 0 radical (unpaired) electrons. The molecule has 0 fully saturated rings. The molecule has 0 aliphatic heterocycles. The number of sulfone groups is 1. The molecule has 0 aliphatic rings. The second kappa shape index (κ2) is 5.46. The number of hydrogen-bond acceptors (Lipinski definition) is 4. The second-order valence-electron chi connectivity index (χ2n) is 3.30. The van der Waals surface area contributed by atoms with Crippen LogP contribution >= 0.6 is 15.9 Å². The Bertz CT molecular complexity index is 420. The summed E-state index contributed by atoms with van der Waals surface area (Å²) in [6, 6.07) is 1.90. The Balaban J connectivity index is 2.32. The van der Waals surface area contributed by atoms with Crippen LogP contribution in [-0.4, -0.2) is 32.0 Å². The van der Waals surface area contributed by atoms with Crippen molar-refractivity contribution in [2.24, 2.45) is 0 Å². The van der Waals surface area contributed by atoms with Crippen LogP contribution in [0.3, 0.4) is 0 Å². The first-order valence-electron chi connectivity index (χ1n) is 4.49. The van der Waals surface area contributed by atoms with E-state index in [0.717, 1.165) is 10.2 Å². The molecule has 4 nitrogen and oxygen atoms in total. The van der Waals surface area contributed by atoms with Crippen LogP contribution in [0.15, 0.2) is 22.9 Å². The predicted octanol–water partition coefficient (Wildman–Crippen LogP) is 1.69. The third-order valence-electron chi connectivity index (χ3n) is 1.73. The Morgan fingerprint density at radius 3 is 2.80 bits per heavy atom. The van der Waals surface area contributed by atoms with E-state index < -0.39 is 9.84 Å². The summed E-state index contributed by atoms with van der Waals surface area (Å²) in [4.78, 5) is 3.98. The van der Waals surface area contributed by atoms with Gasteiger partial charge in [0.05, 0.1) is 17.6 Å². The largest absolute Gasteiger partial charge is 0.384 e.